The van der Waals surface area contributed by atoms with Crippen molar-refractivity contribution < 1.29 is 22.3 Å². The van der Waals surface area contributed by atoms with Gasteiger partial charge in [0.1, 0.15) is 12.4 Å². The van der Waals surface area contributed by atoms with Crippen molar-refractivity contribution in [3.63, 3.8) is 0 Å². The molecule has 0 saturated heterocycles. The van der Waals surface area contributed by atoms with Crippen LogP contribution in [0.15, 0.2) is 41.3 Å². The number of sulfonamides is 1. The monoisotopic (exact) mass is 377 g/mol. The first-order valence-electron chi connectivity index (χ1n) is 6.12. The van der Waals surface area contributed by atoms with Crippen LogP contribution in [0, 0.1) is 5.82 Å². The Bertz CT molecular complexity index is 871. The summed E-state index contributed by atoms with van der Waals surface area (Å²) in [5.74, 6) is -1.38. The van der Waals surface area contributed by atoms with Crippen molar-refractivity contribution in [2.24, 2.45) is 5.14 Å². The lowest BCUT2D eigenvalue weighted by molar-refractivity contribution is 0.0473. The van der Waals surface area contributed by atoms with Gasteiger partial charge in [-0.1, -0.05) is 29.3 Å². The van der Waals surface area contributed by atoms with Gasteiger partial charge >= 0.3 is 5.97 Å². The molecule has 0 heterocycles. The van der Waals surface area contributed by atoms with E-state index in [4.69, 9.17) is 33.1 Å². The lowest BCUT2D eigenvalue weighted by Gasteiger charge is -2.09. The normalized spacial score (nSPS) is 11.3. The molecule has 0 bridgehead atoms. The maximum Gasteiger partial charge on any atom is 0.340 e. The second-order valence-corrected chi connectivity index (χ2v) is 6.87. The average molecular weight is 378 g/mol. The van der Waals surface area contributed by atoms with Crippen LogP contribution in [-0.4, -0.2) is 14.4 Å². The topological polar surface area (TPSA) is 86.5 Å². The Morgan fingerprint density at radius 1 is 1.13 bits per heavy atom. The van der Waals surface area contributed by atoms with Gasteiger partial charge in [-0.15, -0.1) is 0 Å². The second kappa shape index (κ2) is 6.84. The molecule has 23 heavy (non-hydrogen) atoms. The number of benzene rings is 2. The standard InChI is InChI=1S/C14H10Cl2FNO4S/c15-12-4-3-10(23(18,20)21)6-11(12)14(19)22-7-8-1-2-9(17)5-13(8)16/h1-6H,7H2,(H2,18,20,21). The maximum absolute atomic E-state index is 12.9. The van der Waals surface area contributed by atoms with Crippen LogP contribution in [0.5, 0.6) is 0 Å². The molecule has 0 amide bonds. The van der Waals surface area contributed by atoms with Crippen LogP contribution in [0.3, 0.4) is 0 Å². The number of hydrogen-bond donors (Lipinski definition) is 1. The molecule has 0 unspecified atom stereocenters. The highest BCUT2D eigenvalue weighted by atomic mass is 35.5. The number of rotatable bonds is 4. The molecular weight excluding hydrogens is 368 g/mol. The Morgan fingerprint density at radius 2 is 1.83 bits per heavy atom. The number of ether oxygens (including phenoxy) is 1. The molecule has 0 fully saturated rings. The molecule has 122 valence electrons. The van der Waals surface area contributed by atoms with Crippen molar-refractivity contribution in [1.82, 2.24) is 0 Å². The van der Waals surface area contributed by atoms with Gasteiger partial charge in [0.15, 0.2) is 0 Å². The first kappa shape index (κ1) is 17.7. The molecule has 0 aliphatic carbocycles. The molecule has 2 aromatic carbocycles. The Balaban J connectivity index is 2.21. The molecule has 0 spiro atoms. The van der Waals surface area contributed by atoms with Crippen LogP contribution in [0.4, 0.5) is 4.39 Å². The highest BCUT2D eigenvalue weighted by Gasteiger charge is 2.17. The number of halogens is 3. The van der Waals surface area contributed by atoms with Crippen LogP contribution in [0.2, 0.25) is 10.0 Å². The molecule has 0 atom stereocenters. The summed E-state index contributed by atoms with van der Waals surface area (Å²) in [5, 5.41) is 5.11. The van der Waals surface area contributed by atoms with Crippen LogP contribution >= 0.6 is 23.2 Å². The smallest absolute Gasteiger partial charge is 0.340 e. The lowest BCUT2D eigenvalue weighted by Crippen LogP contribution is -2.14. The summed E-state index contributed by atoms with van der Waals surface area (Å²) in [6, 6.07) is 7.04. The minimum Gasteiger partial charge on any atom is -0.457 e. The van der Waals surface area contributed by atoms with Crippen molar-refractivity contribution in [3.05, 3.63) is 63.4 Å². The van der Waals surface area contributed by atoms with Gasteiger partial charge in [-0.3, -0.25) is 0 Å². The van der Waals surface area contributed by atoms with Gasteiger partial charge in [-0.2, -0.15) is 0 Å². The molecule has 0 aliphatic rings. The highest BCUT2D eigenvalue weighted by molar-refractivity contribution is 7.89. The Hall–Kier alpha value is -1.67. The van der Waals surface area contributed by atoms with E-state index in [2.05, 4.69) is 0 Å². The van der Waals surface area contributed by atoms with Crippen LogP contribution < -0.4 is 5.14 Å². The van der Waals surface area contributed by atoms with Crippen molar-refractivity contribution in [2.75, 3.05) is 0 Å². The number of carbonyl (C=O) groups excluding carboxylic acids is 1. The van der Waals surface area contributed by atoms with E-state index >= 15 is 0 Å². The van der Waals surface area contributed by atoms with E-state index in [1.54, 1.807) is 0 Å². The van der Waals surface area contributed by atoms with Gasteiger partial charge < -0.3 is 4.74 Å². The van der Waals surface area contributed by atoms with Gasteiger partial charge in [0.25, 0.3) is 0 Å². The SMILES string of the molecule is NS(=O)(=O)c1ccc(Cl)c(C(=O)OCc2ccc(F)cc2Cl)c1. The Labute approximate surface area is 141 Å². The lowest BCUT2D eigenvalue weighted by atomic mass is 10.2. The molecule has 2 aromatic rings. The molecule has 0 aromatic heterocycles. The van der Waals surface area contributed by atoms with Gasteiger partial charge in [0, 0.05) is 5.56 Å². The van der Waals surface area contributed by atoms with E-state index < -0.39 is 21.8 Å². The minimum atomic E-state index is -3.98. The van der Waals surface area contributed by atoms with E-state index in [1.165, 1.54) is 24.3 Å². The summed E-state index contributed by atoms with van der Waals surface area (Å²) in [6.07, 6.45) is 0. The van der Waals surface area contributed by atoms with Crippen molar-refractivity contribution in [1.29, 1.82) is 0 Å². The minimum absolute atomic E-state index is 0.00704. The number of nitrogens with two attached hydrogens (primary N) is 1. The van der Waals surface area contributed by atoms with Crippen molar-refractivity contribution in [2.45, 2.75) is 11.5 Å². The molecule has 0 saturated carbocycles. The van der Waals surface area contributed by atoms with Crippen molar-refractivity contribution >= 4 is 39.2 Å². The predicted molar refractivity (Wildman–Crippen MR) is 83.4 cm³/mol. The van der Waals surface area contributed by atoms with E-state index in [0.29, 0.717) is 5.56 Å². The molecular formula is C14H10Cl2FNO4S. The molecule has 2 N–H and O–H groups in total. The zero-order valence-corrected chi connectivity index (χ0v) is 13.8. The van der Waals surface area contributed by atoms with E-state index in [0.717, 1.165) is 12.1 Å². The van der Waals surface area contributed by atoms with Crippen LogP contribution in [-0.2, 0) is 21.4 Å². The van der Waals surface area contributed by atoms with Crippen molar-refractivity contribution in [3.8, 4) is 0 Å². The summed E-state index contributed by atoms with van der Waals surface area (Å²) in [5.41, 5.74) is 0.233. The Kier molecular flexibility index (Phi) is 5.26. The molecule has 0 aliphatic heterocycles. The van der Waals surface area contributed by atoms with E-state index in [-0.39, 0.29) is 27.1 Å². The third-order valence-corrected chi connectivity index (χ3v) is 4.45. The number of primary sulfonamides is 1. The van der Waals surface area contributed by atoms with Gasteiger partial charge in [0.2, 0.25) is 10.0 Å². The largest absolute Gasteiger partial charge is 0.457 e. The summed E-state index contributed by atoms with van der Waals surface area (Å²) in [7, 11) is -3.98. The maximum atomic E-state index is 12.9. The zero-order valence-electron chi connectivity index (χ0n) is 11.4. The average Bonchev–Trinajstić information content (AvgIpc) is 2.45. The zero-order chi connectivity index (χ0) is 17.2. The third kappa shape index (κ3) is 4.42. The fourth-order valence-electron chi connectivity index (χ4n) is 1.70. The number of esters is 1. The fraction of sp³-hybridized carbons (Fsp3) is 0.0714. The second-order valence-electron chi connectivity index (χ2n) is 4.50. The fourth-order valence-corrected chi connectivity index (χ4v) is 2.65. The predicted octanol–water partition coefficient (Wildman–Crippen LogP) is 3.14. The number of hydrogen-bond acceptors (Lipinski definition) is 4. The summed E-state index contributed by atoms with van der Waals surface area (Å²) < 4.78 is 40.6. The Morgan fingerprint density at radius 3 is 2.43 bits per heavy atom. The van der Waals surface area contributed by atoms with Gasteiger partial charge in [-0.05, 0) is 30.3 Å². The van der Waals surface area contributed by atoms with E-state index in [1.807, 2.05) is 0 Å². The molecule has 9 heteroatoms. The number of carbonyl (C=O) groups is 1. The summed E-state index contributed by atoms with van der Waals surface area (Å²) >= 11 is 11.7. The first-order valence-corrected chi connectivity index (χ1v) is 8.42. The third-order valence-electron chi connectivity index (χ3n) is 2.86. The van der Waals surface area contributed by atoms with Crippen LogP contribution in [0.25, 0.3) is 0 Å². The van der Waals surface area contributed by atoms with E-state index in [9.17, 15) is 17.6 Å². The highest BCUT2D eigenvalue weighted by Crippen LogP contribution is 2.23. The van der Waals surface area contributed by atoms with Gasteiger partial charge in [-0.25, -0.2) is 22.7 Å². The molecule has 2 rings (SSSR count). The molecule has 0 radical (unpaired) electrons. The first-order chi connectivity index (χ1) is 10.7. The summed E-state index contributed by atoms with van der Waals surface area (Å²) in [6.45, 7) is -0.228. The molecule has 5 nitrogen and oxygen atoms in total. The summed E-state index contributed by atoms with van der Waals surface area (Å²) in [4.78, 5) is 11.8. The quantitative estimate of drug-likeness (QED) is 0.829. The van der Waals surface area contributed by atoms with Crippen LogP contribution in [0.1, 0.15) is 15.9 Å². The van der Waals surface area contributed by atoms with Gasteiger partial charge in [0.05, 0.1) is 20.5 Å².